The highest BCUT2D eigenvalue weighted by Gasteiger charge is 2.33. The Morgan fingerprint density at radius 1 is 1.17 bits per heavy atom. The molecule has 0 aromatic heterocycles. The number of nitrogens with zero attached hydrogens (tertiary/aromatic N) is 2. The van der Waals surface area contributed by atoms with Gasteiger partial charge in [-0.25, -0.2) is 0 Å². The minimum absolute atomic E-state index is 0.428. The van der Waals surface area contributed by atoms with Gasteiger partial charge in [-0.2, -0.15) is 0 Å². The van der Waals surface area contributed by atoms with E-state index in [0.29, 0.717) is 17.9 Å². The minimum Gasteiger partial charge on any atom is -0.370 e. The van der Waals surface area contributed by atoms with Crippen molar-refractivity contribution in [2.24, 2.45) is 16.6 Å². The molecular weight excluding hydrogens is 222 g/mol. The Morgan fingerprint density at radius 2 is 2.00 bits per heavy atom. The lowest BCUT2D eigenvalue weighted by Gasteiger charge is -2.33. The molecule has 1 aromatic rings. The smallest absolute Gasteiger partial charge is 0.196 e. The van der Waals surface area contributed by atoms with Crippen molar-refractivity contribution in [3.63, 3.8) is 0 Å². The summed E-state index contributed by atoms with van der Waals surface area (Å²) in [4.78, 5) is 6.66. The fourth-order valence-corrected chi connectivity index (χ4v) is 2.95. The van der Waals surface area contributed by atoms with Crippen molar-refractivity contribution in [3.05, 3.63) is 42.5 Å². The first-order chi connectivity index (χ1) is 8.86. The molecule has 0 fully saturated rings. The molecule has 0 saturated carbocycles. The van der Waals surface area contributed by atoms with Gasteiger partial charge in [-0.05, 0) is 37.3 Å². The summed E-state index contributed by atoms with van der Waals surface area (Å²) >= 11 is 0. The monoisotopic (exact) mass is 241 g/mol. The summed E-state index contributed by atoms with van der Waals surface area (Å²) in [6.07, 6.45) is 8.15. The van der Waals surface area contributed by atoms with Crippen LogP contribution in [0.1, 0.15) is 19.3 Å². The molecule has 1 aliphatic carbocycles. The van der Waals surface area contributed by atoms with Gasteiger partial charge in [0.25, 0.3) is 0 Å². The van der Waals surface area contributed by atoms with Crippen LogP contribution in [-0.2, 0) is 0 Å². The van der Waals surface area contributed by atoms with Crippen LogP contribution in [0, 0.1) is 5.92 Å². The van der Waals surface area contributed by atoms with E-state index >= 15 is 0 Å². The van der Waals surface area contributed by atoms with Crippen LogP contribution < -0.4 is 10.6 Å². The predicted molar refractivity (Wildman–Crippen MR) is 75.7 cm³/mol. The van der Waals surface area contributed by atoms with Crippen LogP contribution in [0.2, 0.25) is 0 Å². The van der Waals surface area contributed by atoms with Crippen molar-refractivity contribution >= 4 is 11.6 Å². The third-order valence-electron chi connectivity index (χ3n) is 3.91. The van der Waals surface area contributed by atoms with E-state index in [1.165, 1.54) is 12.8 Å². The number of rotatable bonds is 2. The summed E-state index contributed by atoms with van der Waals surface area (Å²) in [6.45, 7) is 0.833. The van der Waals surface area contributed by atoms with Crippen LogP contribution in [-0.4, -0.2) is 18.5 Å². The number of hydrogen-bond donors (Lipinski definition) is 1. The molecule has 18 heavy (non-hydrogen) atoms. The van der Waals surface area contributed by atoms with Gasteiger partial charge in [0.05, 0.1) is 12.6 Å². The molecule has 0 spiro atoms. The molecule has 0 bridgehead atoms. The zero-order chi connectivity index (χ0) is 12.4. The van der Waals surface area contributed by atoms with Gasteiger partial charge in [0.1, 0.15) is 0 Å². The second-order valence-corrected chi connectivity index (χ2v) is 5.02. The van der Waals surface area contributed by atoms with E-state index in [1.54, 1.807) is 0 Å². The zero-order valence-corrected chi connectivity index (χ0v) is 10.5. The molecule has 1 heterocycles. The number of para-hydroxylation sites is 1. The molecule has 0 amide bonds. The molecule has 3 heteroatoms. The first-order valence-electron chi connectivity index (χ1n) is 6.65. The SMILES string of the molecule is NC1=NCC(C2CC=CCC2)N1c1ccccc1. The zero-order valence-electron chi connectivity index (χ0n) is 10.5. The van der Waals surface area contributed by atoms with E-state index in [0.717, 1.165) is 18.7 Å². The van der Waals surface area contributed by atoms with Crippen LogP contribution in [0.3, 0.4) is 0 Å². The van der Waals surface area contributed by atoms with Gasteiger partial charge in [-0.15, -0.1) is 0 Å². The number of benzene rings is 1. The maximum Gasteiger partial charge on any atom is 0.196 e. The second-order valence-electron chi connectivity index (χ2n) is 5.02. The summed E-state index contributed by atoms with van der Waals surface area (Å²) < 4.78 is 0. The standard InChI is InChI=1S/C15H19N3/c16-15-17-11-14(12-7-3-1-4-8-12)18(15)13-9-5-2-6-10-13/h1-3,5-6,9-10,12,14H,4,7-8,11H2,(H2,16,17). The number of aliphatic imine (C=N–C) groups is 1. The largest absolute Gasteiger partial charge is 0.370 e. The third-order valence-corrected chi connectivity index (χ3v) is 3.91. The van der Waals surface area contributed by atoms with Crippen LogP contribution in [0.5, 0.6) is 0 Å². The van der Waals surface area contributed by atoms with E-state index < -0.39 is 0 Å². The fraction of sp³-hybridized carbons (Fsp3) is 0.400. The number of allylic oxidation sites excluding steroid dienone is 2. The van der Waals surface area contributed by atoms with E-state index in [1.807, 2.05) is 6.07 Å². The molecule has 1 aromatic carbocycles. The average molecular weight is 241 g/mol. The topological polar surface area (TPSA) is 41.6 Å². The molecular formula is C15H19N3. The Hall–Kier alpha value is -1.77. The van der Waals surface area contributed by atoms with Crippen molar-refractivity contribution in [3.8, 4) is 0 Å². The lowest BCUT2D eigenvalue weighted by molar-refractivity contribution is 0.404. The summed E-state index contributed by atoms with van der Waals surface area (Å²) in [5, 5.41) is 0. The Bertz CT molecular complexity index is 464. The maximum absolute atomic E-state index is 6.07. The molecule has 3 nitrogen and oxygen atoms in total. The van der Waals surface area contributed by atoms with Crippen molar-refractivity contribution in [2.75, 3.05) is 11.4 Å². The van der Waals surface area contributed by atoms with Crippen molar-refractivity contribution in [1.82, 2.24) is 0 Å². The van der Waals surface area contributed by atoms with Crippen LogP contribution in [0.4, 0.5) is 5.69 Å². The highest BCUT2D eigenvalue weighted by atomic mass is 15.3. The van der Waals surface area contributed by atoms with Gasteiger partial charge >= 0.3 is 0 Å². The molecule has 94 valence electrons. The van der Waals surface area contributed by atoms with E-state index in [2.05, 4.69) is 46.3 Å². The van der Waals surface area contributed by atoms with Gasteiger partial charge in [0, 0.05) is 5.69 Å². The summed E-state index contributed by atoms with van der Waals surface area (Å²) in [6, 6.07) is 10.8. The Morgan fingerprint density at radius 3 is 2.72 bits per heavy atom. The maximum atomic E-state index is 6.07. The Labute approximate surface area is 108 Å². The van der Waals surface area contributed by atoms with Crippen LogP contribution in [0.25, 0.3) is 0 Å². The highest BCUT2D eigenvalue weighted by Crippen LogP contribution is 2.31. The van der Waals surface area contributed by atoms with E-state index in [4.69, 9.17) is 5.73 Å². The normalized spacial score (nSPS) is 27.3. The molecule has 1 aliphatic heterocycles. The summed E-state index contributed by atoms with van der Waals surface area (Å²) in [7, 11) is 0. The molecule has 2 atom stereocenters. The molecule has 0 radical (unpaired) electrons. The molecule has 2 unspecified atom stereocenters. The number of anilines is 1. The van der Waals surface area contributed by atoms with E-state index in [-0.39, 0.29) is 0 Å². The lowest BCUT2D eigenvalue weighted by Crippen LogP contribution is -2.45. The Kier molecular flexibility index (Phi) is 3.05. The molecule has 2 N–H and O–H groups in total. The van der Waals surface area contributed by atoms with Crippen LogP contribution >= 0.6 is 0 Å². The highest BCUT2D eigenvalue weighted by molar-refractivity contribution is 5.97. The van der Waals surface area contributed by atoms with Crippen molar-refractivity contribution in [1.29, 1.82) is 0 Å². The minimum atomic E-state index is 0.428. The first kappa shape index (κ1) is 11.3. The second kappa shape index (κ2) is 4.84. The summed E-state index contributed by atoms with van der Waals surface area (Å²) in [5.41, 5.74) is 7.23. The number of nitrogens with two attached hydrogens (primary N) is 1. The van der Waals surface area contributed by atoms with Gasteiger partial charge in [0.2, 0.25) is 0 Å². The molecule has 0 saturated heterocycles. The van der Waals surface area contributed by atoms with Crippen molar-refractivity contribution in [2.45, 2.75) is 25.3 Å². The quantitative estimate of drug-likeness (QED) is 0.808. The van der Waals surface area contributed by atoms with Crippen molar-refractivity contribution < 1.29 is 0 Å². The number of hydrogen-bond acceptors (Lipinski definition) is 3. The van der Waals surface area contributed by atoms with Gasteiger partial charge in [0.15, 0.2) is 5.96 Å². The van der Waals surface area contributed by atoms with E-state index in [9.17, 15) is 0 Å². The predicted octanol–water partition coefficient (Wildman–Crippen LogP) is 2.55. The lowest BCUT2D eigenvalue weighted by atomic mass is 9.87. The van der Waals surface area contributed by atoms with Gasteiger partial charge in [-0.1, -0.05) is 30.4 Å². The first-order valence-corrected chi connectivity index (χ1v) is 6.65. The van der Waals surface area contributed by atoms with Crippen LogP contribution in [0.15, 0.2) is 47.5 Å². The van der Waals surface area contributed by atoms with Gasteiger partial charge in [-0.3, -0.25) is 4.99 Å². The van der Waals surface area contributed by atoms with Gasteiger partial charge < -0.3 is 10.6 Å². The fourth-order valence-electron chi connectivity index (χ4n) is 2.95. The number of guanidine groups is 1. The average Bonchev–Trinajstić information content (AvgIpc) is 2.83. The summed E-state index contributed by atoms with van der Waals surface area (Å²) in [5.74, 6) is 1.33. The Balaban J connectivity index is 1.85. The molecule has 2 aliphatic rings. The third kappa shape index (κ3) is 2.01. The molecule has 3 rings (SSSR count).